The lowest BCUT2D eigenvalue weighted by Crippen LogP contribution is -2.47. The maximum Gasteiger partial charge on any atom is 0.313 e. The first-order valence-electron chi connectivity index (χ1n) is 8.50. The molecule has 3 rings (SSSR count). The van der Waals surface area contributed by atoms with E-state index in [-0.39, 0.29) is 17.7 Å². The highest BCUT2D eigenvalue weighted by atomic mass is 16.5. The lowest BCUT2D eigenvalue weighted by atomic mass is 10.0. The van der Waals surface area contributed by atoms with Gasteiger partial charge in [0.25, 0.3) is 11.8 Å². The van der Waals surface area contributed by atoms with E-state index >= 15 is 0 Å². The van der Waals surface area contributed by atoms with Crippen LogP contribution in [0.15, 0.2) is 54.6 Å². The standard InChI is InChI=1S/C20H18N2O5/c1-2-27-17(24)12-16(23)18(13-8-4-3-5-9-13)21-22-19(25)14-10-6-7-11-15(14)20(22)26/h3-11,18,21H,2,12H2,1H3. The molecule has 0 bridgehead atoms. The Morgan fingerprint density at radius 1 is 0.963 bits per heavy atom. The SMILES string of the molecule is CCOC(=O)CC(=O)C(NN1C(=O)c2ccccc2C1=O)c1ccccc1. The van der Waals surface area contributed by atoms with Crippen molar-refractivity contribution in [1.82, 2.24) is 10.4 Å². The average molecular weight is 366 g/mol. The van der Waals surface area contributed by atoms with Crippen molar-refractivity contribution in [3.05, 3.63) is 71.3 Å². The smallest absolute Gasteiger partial charge is 0.313 e. The minimum atomic E-state index is -1.04. The molecule has 1 unspecified atom stereocenters. The number of nitrogens with zero attached hydrogens (tertiary/aromatic N) is 1. The van der Waals surface area contributed by atoms with E-state index in [9.17, 15) is 19.2 Å². The maximum atomic E-state index is 12.7. The second kappa shape index (κ2) is 7.92. The normalized spacial score (nSPS) is 14.0. The molecule has 0 radical (unpaired) electrons. The molecule has 1 aliphatic rings. The Balaban J connectivity index is 1.87. The van der Waals surface area contributed by atoms with Crippen LogP contribution in [-0.2, 0) is 14.3 Å². The number of rotatable bonds is 7. The molecule has 1 heterocycles. The fourth-order valence-corrected chi connectivity index (χ4v) is 2.87. The molecule has 0 aliphatic carbocycles. The Kier molecular flexibility index (Phi) is 5.42. The minimum Gasteiger partial charge on any atom is -0.466 e. The Hall–Kier alpha value is -3.32. The molecule has 7 nitrogen and oxygen atoms in total. The summed E-state index contributed by atoms with van der Waals surface area (Å²) in [6.07, 6.45) is -0.469. The van der Waals surface area contributed by atoms with Crippen molar-refractivity contribution in [2.75, 3.05) is 6.61 Å². The molecule has 0 saturated carbocycles. The van der Waals surface area contributed by atoms with E-state index in [0.717, 1.165) is 5.01 Å². The van der Waals surface area contributed by atoms with Crippen LogP contribution in [0.3, 0.4) is 0 Å². The van der Waals surface area contributed by atoms with Crippen LogP contribution in [0.2, 0.25) is 0 Å². The second-order valence-electron chi connectivity index (χ2n) is 5.91. The molecule has 138 valence electrons. The number of esters is 1. The van der Waals surface area contributed by atoms with Gasteiger partial charge in [0.2, 0.25) is 0 Å². The van der Waals surface area contributed by atoms with E-state index in [1.807, 2.05) is 0 Å². The number of amides is 2. The number of benzene rings is 2. The molecule has 1 N–H and O–H groups in total. The third-order valence-electron chi connectivity index (χ3n) is 4.13. The summed E-state index contributed by atoms with van der Waals surface area (Å²) < 4.78 is 4.83. The molecule has 1 atom stereocenters. The van der Waals surface area contributed by atoms with Crippen molar-refractivity contribution in [2.24, 2.45) is 0 Å². The third kappa shape index (κ3) is 3.78. The summed E-state index contributed by atoms with van der Waals surface area (Å²) in [7, 11) is 0. The van der Waals surface area contributed by atoms with Crippen molar-refractivity contribution in [1.29, 1.82) is 0 Å². The van der Waals surface area contributed by atoms with Crippen LogP contribution in [0.1, 0.15) is 45.7 Å². The number of hydrazine groups is 1. The van der Waals surface area contributed by atoms with E-state index in [4.69, 9.17) is 4.74 Å². The van der Waals surface area contributed by atoms with Crippen molar-refractivity contribution >= 4 is 23.6 Å². The van der Waals surface area contributed by atoms with Crippen molar-refractivity contribution in [3.8, 4) is 0 Å². The molecular formula is C20H18N2O5. The first kappa shape index (κ1) is 18.5. The Bertz CT molecular complexity index is 859. The zero-order valence-corrected chi connectivity index (χ0v) is 14.7. The first-order valence-corrected chi connectivity index (χ1v) is 8.50. The summed E-state index contributed by atoms with van der Waals surface area (Å²) in [4.78, 5) is 49.5. The van der Waals surface area contributed by atoms with Crippen LogP contribution in [-0.4, -0.2) is 35.2 Å². The van der Waals surface area contributed by atoms with Crippen LogP contribution < -0.4 is 5.43 Å². The topological polar surface area (TPSA) is 92.8 Å². The molecule has 27 heavy (non-hydrogen) atoms. The number of carbonyl (C=O) groups excluding carboxylic acids is 4. The van der Waals surface area contributed by atoms with E-state index in [0.29, 0.717) is 5.56 Å². The minimum absolute atomic E-state index is 0.161. The van der Waals surface area contributed by atoms with Gasteiger partial charge in [-0.05, 0) is 24.6 Å². The number of fused-ring (bicyclic) bond motifs is 1. The quantitative estimate of drug-likeness (QED) is 0.458. The summed E-state index contributed by atoms with van der Waals surface area (Å²) in [5, 5.41) is 0.825. The molecule has 0 fully saturated rings. The lowest BCUT2D eigenvalue weighted by Gasteiger charge is -2.23. The molecule has 0 spiro atoms. The first-order chi connectivity index (χ1) is 13.0. The molecule has 0 aromatic heterocycles. The van der Waals surface area contributed by atoms with Gasteiger partial charge in [0.05, 0.1) is 17.7 Å². The fraction of sp³-hybridized carbons (Fsp3) is 0.200. The average Bonchev–Trinajstić information content (AvgIpc) is 2.91. The number of Topliss-reactive ketones (excluding diaryl/α,β-unsaturated/α-hetero) is 1. The molecule has 1 aliphatic heterocycles. The zero-order valence-electron chi connectivity index (χ0n) is 14.7. The lowest BCUT2D eigenvalue weighted by molar-refractivity contribution is -0.146. The summed E-state index contributed by atoms with van der Waals surface area (Å²) in [5.41, 5.74) is 3.76. The van der Waals surface area contributed by atoms with Crippen LogP contribution in [0.4, 0.5) is 0 Å². The van der Waals surface area contributed by atoms with E-state index in [1.54, 1.807) is 61.5 Å². The van der Waals surface area contributed by atoms with Gasteiger partial charge in [-0.15, -0.1) is 0 Å². The molecular weight excluding hydrogens is 348 g/mol. The summed E-state index contributed by atoms with van der Waals surface area (Å²) >= 11 is 0. The summed E-state index contributed by atoms with van der Waals surface area (Å²) in [6.45, 7) is 1.81. The van der Waals surface area contributed by atoms with Crippen molar-refractivity contribution < 1.29 is 23.9 Å². The highest BCUT2D eigenvalue weighted by Gasteiger charge is 2.38. The number of nitrogens with one attached hydrogen (secondary N) is 1. The highest BCUT2D eigenvalue weighted by Crippen LogP contribution is 2.24. The third-order valence-corrected chi connectivity index (χ3v) is 4.13. The number of imide groups is 1. The second-order valence-corrected chi connectivity index (χ2v) is 5.91. The van der Waals surface area contributed by atoms with Gasteiger partial charge in [-0.2, -0.15) is 0 Å². The maximum absolute atomic E-state index is 12.7. The van der Waals surface area contributed by atoms with Gasteiger partial charge in [-0.25, -0.2) is 10.4 Å². The highest BCUT2D eigenvalue weighted by molar-refractivity contribution is 6.21. The molecule has 0 saturated heterocycles. The molecule has 2 amide bonds. The van der Waals surface area contributed by atoms with Gasteiger partial charge >= 0.3 is 5.97 Å². The number of ketones is 1. The summed E-state index contributed by atoms with van der Waals surface area (Å²) in [6, 6.07) is 14.0. The summed E-state index contributed by atoms with van der Waals surface area (Å²) in [5.74, 6) is -2.25. The predicted octanol–water partition coefficient (Wildman–Crippen LogP) is 2.05. The van der Waals surface area contributed by atoms with Gasteiger partial charge in [-0.1, -0.05) is 42.5 Å². The van der Waals surface area contributed by atoms with Crippen LogP contribution in [0.5, 0.6) is 0 Å². The Labute approximate surface area is 155 Å². The van der Waals surface area contributed by atoms with Crippen LogP contribution >= 0.6 is 0 Å². The fourth-order valence-electron chi connectivity index (χ4n) is 2.87. The van der Waals surface area contributed by atoms with Gasteiger partial charge in [-0.3, -0.25) is 19.2 Å². The number of carbonyl (C=O) groups is 4. The largest absolute Gasteiger partial charge is 0.466 e. The van der Waals surface area contributed by atoms with E-state index in [2.05, 4.69) is 5.43 Å². The zero-order chi connectivity index (χ0) is 19.4. The Morgan fingerprint density at radius 3 is 2.07 bits per heavy atom. The van der Waals surface area contributed by atoms with Crippen molar-refractivity contribution in [2.45, 2.75) is 19.4 Å². The number of hydrogen-bond acceptors (Lipinski definition) is 6. The van der Waals surface area contributed by atoms with Gasteiger partial charge in [0.1, 0.15) is 12.5 Å². The molecule has 2 aromatic carbocycles. The molecule has 2 aromatic rings. The number of ether oxygens (including phenoxy) is 1. The van der Waals surface area contributed by atoms with Crippen molar-refractivity contribution in [3.63, 3.8) is 0 Å². The van der Waals surface area contributed by atoms with Gasteiger partial charge in [0, 0.05) is 0 Å². The van der Waals surface area contributed by atoms with Crippen LogP contribution in [0.25, 0.3) is 0 Å². The molecule has 7 heteroatoms. The van der Waals surface area contributed by atoms with Crippen LogP contribution in [0, 0.1) is 0 Å². The van der Waals surface area contributed by atoms with Gasteiger partial charge < -0.3 is 4.74 Å². The predicted molar refractivity (Wildman–Crippen MR) is 95.5 cm³/mol. The van der Waals surface area contributed by atoms with Gasteiger partial charge in [0.15, 0.2) is 5.78 Å². The number of hydrogen-bond donors (Lipinski definition) is 1. The van der Waals surface area contributed by atoms with E-state index < -0.39 is 36.0 Å². The monoisotopic (exact) mass is 366 g/mol. The Morgan fingerprint density at radius 2 is 1.52 bits per heavy atom. The van der Waals surface area contributed by atoms with E-state index in [1.165, 1.54) is 0 Å².